The van der Waals surface area contributed by atoms with Gasteiger partial charge in [0.15, 0.2) is 0 Å². The number of aryl methyl sites for hydroxylation is 3. The molecule has 0 heterocycles. The second-order valence-electron chi connectivity index (χ2n) is 7.34. The average molecular weight is 423 g/mol. The minimum atomic E-state index is -3.69. The fraction of sp³-hybridized carbons (Fsp3) is 0.208. The smallest absolute Gasteiger partial charge is 0.261 e. The summed E-state index contributed by atoms with van der Waals surface area (Å²) in [5.41, 5.74) is 4.20. The van der Waals surface area contributed by atoms with Crippen LogP contribution in [0.15, 0.2) is 77.7 Å². The summed E-state index contributed by atoms with van der Waals surface area (Å²) in [6.07, 6.45) is 1.98. The lowest BCUT2D eigenvalue weighted by molar-refractivity contribution is -0.116. The van der Waals surface area contributed by atoms with Gasteiger partial charge in [-0.1, -0.05) is 54.1 Å². The standard InChI is InChI=1S/C24H26N2O3S/c1-18-11-14-20(15-12-18)7-6-10-24(27)25-21-16-13-19(2)23(17-21)26-30(28,29)22-8-4-3-5-9-22/h3-5,8-9,11-17,26H,6-7,10H2,1-2H3,(H,25,27). The van der Waals surface area contributed by atoms with Gasteiger partial charge in [0.05, 0.1) is 10.6 Å². The van der Waals surface area contributed by atoms with Crippen molar-refractivity contribution in [3.05, 3.63) is 89.5 Å². The van der Waals surface area contributed by atoms with E-state index < -0.39 is 10.0 Å². The third-order valence-electron chi connectivity index (χ3n) is 4.81. The molecule has 30 heavy (non-hydrogen) atoms. The number of amides is 1. The molecule has 0 aliphatic carbocycles. The van der Waals surface area contributed by atoms with Gasteiger partial charge in [0.1, 0.15) is 0 Å². The van der Waals surface area contributed by atoms with Crippen LogP contribution in [-0.4, -0.2) is 14.3 Å². The van der Waals surface area contributed by atoms with Crippen molar-refractivity contribution in [2.75, 3.05) is 10.0 Å². The lowest BCUT2D eigenvalue weighted by Crippen LogP contribution is -2.15. The second-order valence-corrected chi connectivity index (χ2v) is 9.02. The predicted octanol–water partition coefficient (Wildman–Crippen LogP) is 5.07. The van der Waals surface area contributed by atoms with E-state index in [1.165, 1.54) is 23.3 Å². The van der Waals surface area contributed by atoms with Crippen LogP contribution in [0.25, 0.3) is 0 Å². The van der Waals surface area contributed by atoms with Gasteiger partial charge in [-0.2, -0.15) is 0 Å². The average Bonchev–Trinajstić information content (AvgIpc) is 2.72. The number of hydrogen-bond acceptors (Lipinski definition) is 3. The van der Waals surface area contributed by atoms with Crippen LogP contribution in [0.2, 0.25) is 0 Å². The highest BCUT2D eigenvalue weighted by atomic mass is 32.2. The number of nitrogens with one attached hydrogen (secondary N) is 2. The maximum atomic E-state index is 12.6. The summed E-state index contributed by atoms with van der Waals surface area (Å²) in [4.78, 5) is 12.5. The van der Waals surface area contributed by atoms with Crippen molar-refractivity contribution < 1.29 is 13.2 Å². The number of hydrogen-bond donors (Lipinski definition) is 2. The van der Waals surface area contributed by atoms with Crippen molar-refractivity contribution in [3.8, 4) is 0 Å². The van der Waals surface area contributed by atoms with Crippen LogP contribution in [-0.2, 0) is 21.2 Å². The minimum absolute atomic E-state index is 0.0946. The van der Waals surface area contributed by atoms with E-state index in [0.717, 1.165) is 18.4 Å². The fourth-order valence-electron chi connectivity index (χ4n) is 3.04. The highest BCUT2D eigenvalue weighted by Gasteiger charge is 2.15. The highest BCUT2D eigenvalue weighted by Crippen LogP contribution is 2.24. The summed E-state index contributed by atoms with van der Waals surface area (Å²) in [6.45, 7) is 3.86. The molecule has 3 rings (SSSR count). The quantitative estimate of drug-likeness (QED) is 0.532. The summed E-state index contributed by atoms with van der Waals surface area (Å²) >= 11 is 0. The monoisotopic (exact) mass is 422 g/mol. The maximum absolute atomic E-state index is 12.6. The summed E-state index contributed by atoms with van der Waals surface area (Å²) in [5, 5.41) is 2.86. The zero-order valence-corrected chi connectivity index (χ0v) is 18.0. The lowest BCUT2D eigenvalue weighted by atomic mass is 10.1. The molecule has 0 unspecified atom stereocenters. The molecule has 0 aliphatic rings. The summed E-state index contributed by atoms with van der Waals surface area (Å²) in [7, 11) is -3.69. The Labute approximate surface area is 178 Å². The largest absolute Gasteiger partial charge is 0.326 e. The Hall–Kier alpha value is -3.12. The van der Waals surface area contributed by atoms with Crippen molar-refractivity contribution in [2.24, 2.45) is 0 Å². The Kier molecular flexibility index (Phi) is 6.90. The van der Waals surface area contributed by atoms with Crippen LogP contribution < -0.4 is 10.0 Å². The Morgan fingerprint density at radius 1 is 0.900 bits per heavy atom. The number of rotatable bonds is 8. The van der Waals surface area contributed by atoms with E-state index >= 15 is 0 Å². The first-order valence-corrected chi connectivity index (χ1v) is 11.4. The van der Waals surface area contributed by atoms with Gasteiger partial charge in [0, 0.05) is 12.1 Å². The van der Waals surface area contributed by atoms with Gasteiger partial charge in [0.25, 0.3) is 10.0 Å². The minimum Gasteiger partial charge on any atom is -0.326 e. The number of sulfonamides is 1. The molecule has 0 saturated heterocycles. The van der Waals surface area contributed by atoms with Crippen molar-refractivity contribution in [3.63, 3.8) is 0 Å². The lowest BCUT2D eigenvalue weighted by Gasteiger charge is -2.13. The fourth-order valence-corrected chi connectivity index (χ4v) is 4.19. The number of carbonyl (C=O) groups excluding carboxylic acids is 1. The second kappa shape index (κ2) is 9.59. The molecule has 5 nitrogen and oxygen atoms in total. The molecule has 156 valence electrons. The summed E-state index contributed by atoms with van der Waals surface area (Å²) in [6, 6.07) is 21.7. The van der Waals surface area contributed by atoms with Gasteiger partial charge in [-0.25, -0.2) is 8.42 Å². The molecular weight excluding hydrogens is 396 g/mol. The van der Waals surface area contributed by atoms with Crippen molar-refractivity contribution in [2.45, 2.75) is 38.0 Å². The van der Waals surface area contributed by atoms with Crippen LogP contribution in [0.3, 0.4) is 0 Å². The van der Waals surface area contributed by atoms with E-state index in [9.17, 15) is 13.2 Å². The first-order valence-electron chi connectivity index (χ1n) is 9.87. The molecule has 6 heteroatoms. The Morgan fingerprint density at radius 3 is 2.30 bits per heavy atom. The molecule has 0 saturated carbocycles. The highest BCUT2D eigenvalue weighted by molar-refractivity contribution is 7.92. The van der Waals surface area contributed by atoms with Crippen LogP contribution in [0.1, 0.15) is 29.5 Å². The summed E-state index contributed by atoms with van der Waals surface area (Å²) < 4.78 is 27.8. The van der Waals surface area contributed by atoms with Gasteiger partial charge in [0.2, 0.25) is 5.91 Å². The zero-order valence-electron chi connectivity index (χ0n) is 17.2. The molecule has 0 spiro atoms. The Balaban J connectivity index is 1.60. The number of carbonyl (C=O) groups is 1. The van der Waals surface area contributed by atoms with Crippen LogP contribution in [0, 0.1) is 13.8 Å². The van der Waals surface area contributed by atoms with Gasteiger partial charge in [-0.3, -0.25) is 9.52 Å². The zero-order chi connectivity index (χ0) is 21.6. The third kappa shape index (κ3) is 5.94. The Bertz CT molecular complexity index is 1110. The number of benzene rings is 3. The van der Waals surface area contributed by atoms with Gasteiger partial charge in [-0.05, 0) is 62.1 Å². The topological polar surface area (TPSA) is 75.3 Å². The van der Waals surface area contributed by atoms with Gasteiger partial charge in [-0.15, -0.1) is 0 Å². The molecule has 1 amide bonds. The van der Waals surface area contributed by atoms with Gasteiger partial charge < -0.3 is 5.32 Å². The molecule has 2 N–H and O–H groups in total. The van der Waals surface area contributed by atoms with Crippen molar-refractivity contribution in [1.29, 1.82) is 0 Å². The van der Waals surface area contributed by atoms with E-state index in [1.807, 2.05) is 13.8 Å². The van der Waals surface area contributed by atoms with E-state index in [2.05, 4.69) is 34.3 Å². The van der Waals surface area contributed by atoms with E-state index in [0.29, 0.717) is 17.8 Å². The van der Waals surface area contributed by atoms with E-state index in [1.54, 1.807) is 36.4 Å². The molecule has 0 radical (unpaired) electrons. The molecule has 0 bridgehead atoms. The molecule has 0 atom stereocenters. The molecule has 0 fully saturated rings. The molecular formula is C24H26N2O3S. The number of anilines is 2. The molecule has 3 aromatic carbocycles. The van der Waals surface area contributed by atoms with E-state index in [4.69, 9.17) is 0 Å². The predicted molar refractivity (Wildman–Crippen MR) is 121 cm³/mol. The summed E-state index contributed by atoms with van der Waals surface area (Å²) in [5.74, 6) is -0.0946. The Morgan fingerprint density at radius 2 is 1.60 bits per heavy atom. The normalized spacial score (nSPS) is 11.1. The SMILES string of the molecule is Cc1ccc(CCCC(=O)Nc2ccc(C)c(NS(=O)(=O)c3ccccc3)c2)cc1. The van der Waals surface area contributed by atoms with Crippen molar-refractivity contribution in [1.82, 2.24) is 0 Å². The van der Waals surface area contributed by atoms with Gasteiger partial charge >= 0.3 is 0 Å². The van der Waals surface area contributed by atoms with E-state index in [-0.39, 0.29) is 10.8 Å². The molecule has 0 aromatic heterocycles. The van der Waals surface area contributed by atoms with Crippen LogP contribution >= 0.6 is 0 Å². The first kappa shape index (κ1) is 21.6. The molecule has 0 aliphatic heterocycles. The van der Waals surface area contributed by atoms with Crippen LogP contribution in [0.5, 0.6) is 0 Å². The first-order chi connectivity index (χ1) is 14.3. The maximum Gasteiger partial charge on any atom is 0.261 e. The third-order valence-corrected chi connectivity index (χ3v) is 6.19. The van der Waals surface area contributed by atoms with Crippen molar-refractivity contribution >= 4 is 27.3 Å². The van der Waals surface area contributed by atoms with Crippen LogP contribution in [0.4, 0.5) is 11.4 Å². The molecule has 3 aromatic rings.